The highest BCUT2D eigenvalue weighted by atomic mass is 16.1. The zero-order valence-corrected chi connectivity index (χ0v) is 12.2. The molecule has 0 fully saturated rings. The molecule has 0 spiro atoms. The third-order valence-corrected chi connectivity index (χ3v) is 3.07. The van der Waals surface area contributed by atoms with Crippen LogP contribution >= 0.6 is 0 Å². The zero-order valence-electron chi connectivity index (χ0n) is 12.2. The van der Waals surface area contributed by atoms with E-state index in [1.165, 1.54) is 0 Å². The maximum absolute atomic E-state index is 11.9. The second kappa shape index (κ2) is 6.97. The molecule has 2 atom stereocenters. The largest absolute Gasteiger partial charge is 0.351 e. The first-order valence-electron chi connectivity index (χ1n) is 6.44. The van der Waals surface area contributed by atoms with Gasteiger partial charge in [-0.25, -0.2) is 0 Å². The highest BCUT2D eigenvalue weighted by Gasteiger charge is 2.22. The number of nitrogens with one attached hydrogen (secondary N) is 1. The number of rotatable bonds is 6. The lowest BCUT2D eigenvalue weighted by Gasteiger charge is -2.32. The fraction of sp³-hybridized carbons (Fsp3) is 0.923. The predicted molar refractivity (Wildman–Crippen MR) is 72.9 cm³/mol. The van der Waals surface area contributed by atoms with Gasteiger partial charge in [-0.2, -0.15) is 0 Å². The molecule has 4 heteroatoms. The van der Waals surface area contributed by atoms with Crippen LogP contribution in [0.4, 0.5) is 0 Å². The van der Waals surface area contributed by atoms with Crippen LogP contribution in [0.15, 0.2) is 0 Å². The van der Waals surface area contributed by atoms with E-state index in [0.29, 0.717) is 19.0 Å². The Balaban J connectivity index is 4.35. The summed E-state index contributed by atoms with van der Waals surface area (Å²) in [6, 6.07) is 0.568. The molecule has 0 aromatic rings. The lowest BCUT2D eigenvalue weighted by atomic mass is 10.1. The zero-order chi connectivity index (χ0) is 13.6. The van der Waals surface area contributed by atoms with Gasteiger partial charge in [0.05, 0.1) is 0 Å². The second-order valence-electron chi connectivity index (χ2n) is 5.81. The van der Waals surface area contributed by atoms with Crippen LogP contribution in [0.1, 0.15) is 47.5 Å². The van der Waals surface area contributed by atoms with Crippen LogP contribution in [0.3, 0.4) is 0 Å². The molecule has 102 valence electrons. The van der Waals surface area contributed by atoms with Crippen molar-refractivity contribution in [3.63, 3.8) is 0 Å². The Morgan fingerprint density at radius 1 is 1.41 bits per heavy atom. The molecule has 2 unspecified atom stereocenters. The number of carbonyl (C=O) groups excluding carboxylic acids is 1. The Hall–Kier alpha value is -0.610. The minimum atomic E-state index is -0.175. The highest BCUT2D eigenvalue weighted by molar-refractivity contribution is 5.77. The summed E-state index contributed by atoms with van der Waals surface area (Å²) < 4.78 is 0. The number of hydrogen-bond donors (Lipinski definition) is 2. The molecule has 0 saturated heterocycles. The van der Waals surface area contributed by atoms with Gasteiger partial charge in [0.25, 0.3) is 0 Å². The van der Waals surface area contributed by atoms with Crippen molar-refractivity contribution in [3.8, 4) is 0 Å². The van der Waals surface area contributed by atoms with Crippen molar-refractivity contribution < 1.29 is 4.79 Å². The fourth-order valence-corrected chi connectivity index (χ4v) is 1.72. The van der Waals surface area contributed by atoms with Crippen LogP contribution in [-0.2, 0) is 4.79 Å². The summed E-state index contributed by atoms with van der Waals surface area (Å²) in [5.41, 5.74) is 5.58. The summed E-state index contributed by atoms with van der Waals surface area (Å²) in [5.74, 6) is 0.0723. The Labute approximate surface area is 106 Å². The van der Waals surface area contributed by atoms with Crippen molar-refractivity contribution in [1.29, 1.82) is 0 Å². The van der Waals surface area contributed by atoms with Crippen molar-refractivity contribution >= 4 is 5.91 Å². The maximum Gasteiger partial charge on any atom is 0.222 e. The van der Waals surface area contributed by atoms with Crippen LogP contribution in [-0.4, -0.2) is 42.0 Å². The first-order chi connectivity index (χ1) is 7.71. The number of nitrogens with zero attached hydrogens (tertiary/aromatic N) is 1. The monoisotopic (exact) mass is 243 g/mol. The Bertz CT molecular complexity index is 235. The lowest BCUT2D eigenvalue weighted by Crippen LogP contribution is -2.48. The number of amides is 1. The molecule has 0 saturated carbocycles. The molecule has 4 nitrogen and oxygen atoms in total. The third-order valence-electron chi connectivity index (χ3n) is 3.07. The van der Waals surface area contributed by atoms with Gasteiger partial charge < -0.3 is 11.1 Å². The van der Waals surface area contributed by atoms with Crippen molar-refractivity contribution in [2.24, 2.45) is 5.73 Å². The standard InChI is InChI=1S/C13H29N3O/c1-7-10(2)16(6)11(9-14)8-12(17)15-13(3,4)5/h10-11H,7-9,14H2,1-6H3,(H,15,17). The molecule has 0 aromatic heterocycles. The molecule has 0 bridgehead atoms. The predicted octanol–water partition coefficient (Wildman–Crippen LogP) is 1.35. The van der Waals surface area contributed by atoms with Gasteiger partial charge in [0.1, 0.15) is 0 Å². The van der Waals surface area contributed by atoms with Gasteiger partial charge in [0.15, 0.2) is 0 Å². The highest BCUT2D eigenvalue weighted by Crippen LogP contribution is 2.09. The first-order valence-corrected chi connectivity index (χ1v) is 6.44. The van der Waals surface area contributed by atoms with Crippen molar-refractivity contribution in [1.82, 2.24) is 10.2 Å². The van der Waals surface area contributed by atoms with Gasteiger partial charge in [-0.05, 0) is 41.2 Å². The average Bonchev–Trinajstić information content (AvgIpc) is 2.21. The summed E-state index contributed by atoms with van der Waals surface area (Å²) in [6.07, 6.45) is 1.53. The maximum atomic E-state index is 11.9. The molecule has 1 amide bonds. The van der Waals surface area contributed by atoms with Gasteiger partial charge in [-0.15, -0.1) is 0 Å². The molecule has 17 heavy (non-hydrogen) atoms. The smallest absolute Gasteiger partial charge is 0.222 e. The summed E-state index contributed by atoms with van der Waals surface area (Å²) in [4.78, 5) is 14.0. The van der Waals surface area contributed by atoms with E-state index in [9.17, 15) is 4.79 Å². The van der Waals surface area contributed by atoms with Crippen LogP contribution in [0.25, 0.3) is 0 Å². The van der Waals surface area contributed by atoms with Crippen LogP contribution in [0.2, 0.25) is 0 Å². The SMILES string of the molecule is CCC(C)N(C)C(CN)CC(=O)NC(C)(C)C. The second-order valence-corrected chi connectivity index (χ2v) is 5.81. The lowest BCUT2D eigenvalue weighted by molar-refractivity contribution is -0.123. The van der Waals surface area contributed by atoms with Crippen molar-refractivity contribution in [2.45, 2.75) is 65.1 Å². The normalized spacial score (nSPS) is 15.8. The van der Waals surface area contributed by atoms with Crippen molar-refractivity contribution in [2.75, 3.05) is 13.6 Å². The summed E-state index contributed by atoms with van der Waals surface area (Å²) in [5, 5.41) is 2.97. The molecular weight excluding hydrogens is 214 g/mol. The van der Waals surface area contributed by atoms with Gasteiger partial charge in [0.2, 0.25) is 5.91 Å². The van der Waals surface area contributed by atoms with Crippen LogP contribution in [0, 0.1) is 0 Å². The molecule has 3 N–H and O–H groups in total. The molecule has 0 aromatic carbocycles. The molecule has 0 radical (unpaired) electrons. The Morgan fingerprint density at radius 2 is 1.94 bits per heavy atom. The van der Waals surface area contributed by atoms with E-state index in [4.69, 9.17) is 5.73 Å². The Kier molecular flexibility index (Phi) is 6.72. The van der Waals surface area contributed by atoms with E-state index in [-0.39, 0.29) is 17.5 Å². The molecule has 0 aliphatic carbocycles. The third kappa shape index (κ3) is 6.64. The first kappa shape index (κ1) is 16.4. The fourth-order valence-electron chi connectivity index (χ4n) is 1.72. The minimum absolute atomic E-state index is 0.0723. The van der Waals surface area contributed by atoms with Crippen LogP contribution in [0.5, 0.6) is 0 Å². The molecule has 0 aliphatic rings. The number of carbonyl (C=O) groups is 1. The summed E-state index contributed by atoms with van der Waals surface area (Å²) in [6.45, 7) is 10.8. The molecule has 0 aliphatic heterocycles. The van der Waals surface area contributed by atoms with E-state index < -0.39 is 0 Å². The van der Waals surface area contributed by atoms with Gasteiger partial charge in [0, 0.05) is 30.6 Å². The minimum Gasteiger partial charge on any atom is -0.351 e. The summed E-state index contributed by atoms with van der Waals surface area (Å²) >= 11 is 0. The van der Waals surface area contributed by atoms with E-state index in [1.54, 1.807) is 0 Å². The summed E-state index contributed by atoms with van der Waals surface area (Å²) in [7, 11) is 2.04. The van der Waals surface area contributed by atoms with Gasteiger partial charge in [-0.1, -0.05) is 6.92 Å². The quantitative estimate of drug-likeness (QED) is 0.740. The van der Waals surface area contributed by atoms with Crippen LogP contribution < -0.4 is 11.1 Å². The molecular formula is C13H29N3O. The van der Waals surface area contributed by atoms with Gasteiger partial charge >= 0.3 is 0 Å². The molecule has 0 rings (SSSR count). The average molecular weight is 243 g/mol. The number of likely N-dealkylation sites (N-methyl/N-ethyl adjacent to an activating group) is 1. The van der Waals surface area contributed by atoms with Crippen molar-refractivity contribution in [3.05, 3.63) is 0 Å². The number of hydrogen-bond acceptors (Lipinski definition) is 3. The molecule has 0 heterocycles. The Morgan fingerprint density at radius 3 is 2.29 bits per heavy atom. The van der Waals surface area contributed by atoms with Gasteiger partial charge in [-0.3, -0.25) is 9.69 Å². The number of nitrogens with two attached hydrogens (primary N) is 1. The van der Waals surface area contributed by atoms with E-state index in [2.05, 4.69) is 24.1 Å². The topological polar surface area (TPSA) is 58.4 Å². The van der Waals surface area contributed by atoms with E-state index in [1.807, 2.05) is 27.8 Å². The van der Waals surface area contributed by atoms with E-state index in [0.717, 1.165) is 6.42 Å². The van der Waals surface area contributed by atoms with E-state index >= 15 is 0 Å².